The van der Waals surface area contributed by atoms with Crippen LogP contribution in [0.25, 0.3) is 0 Å². The minimum Gasteiger partial charge on any atom is -0.480 e. The van der Waals surface area contributed by atoms with Crippen molar-refractivity contribution in [1.82, 2.24) is 0 Å². The van der Waals surface area contributed by atoms with Gasteiger partial charge in [0.25, 0.3) is 0 Å². The van der Waals surface area contributed by atoms with Crippen molar-refractivity contribution in [3.05, 3.63) is 29.3 Å². The minimum absolute atomic E-state index is 0.273. The Hall–Kier alpha value is -2.02. The first-order valence-corrected chi connectivity index (χ1v) is 5.94. The van der Waals surface area contributed by atoms with E-state index in [1.54, 1.807) is 12.1 Å². The zero-order valence-electron chi connectivity index (χ0n) is 10.9. The molecule has 1 unspecified atom stereocenters. The molecule has 2 N–H and O–H groups in total. The monoisotopic (exact) mass is 246 g/mol. The third kappa shape index (κ3) is 3.77. The van der Waals surface area contributed by atoms with Gasteiger partial charge in [0.05, 0.1) is 11.3 Å². The number of carbonyl (C=O) groups is 1. The highest BCUT2D eigenvalue weighted by molar-refractivity contribution is 5.78. The van der Waals surface area contributed by atoms with Crippen LogP contribution >= 0.6 is 0 Å². The Morgan fingerprint density at radius 2 is 2.17 bits per heavy atom. The Bertz CT molecular complexity index is 475. The lowest BCUT2D eigenvalue weighted by atomic mass is 10.0. The summed E-state index contributed by atoms with van der Waals surface area (Å²) in [5, 5.41) is 21.1. The number of aliphatic carboxylic acids is 1. The fourth-order valence-electron chi connectivity index (χ4n) is 1.76. The maximum absolute atomic E-state index is 11.2. The van der Waals surface area contributed by atoms with Crippen LogP contribution in [0.15, 0.2) is 18.2 Å². The van der Waals surface area contributed by atoms with Gasteiger partial charge in [0.1, 0.15) is 12.1 Å². The van der Waals surface area contributed by atoms with Crippen molar-refractivity contribution in [1.29, 1.82) is 5.26 Å². The standard InChI is InChI=1S/C14H18N2O2/c1-9(2)6-13(14(17)18)16-12-5-4-10(3)7-11(12)8-15/h4-5,7,9,13,16H,6H2,1-3H3,(H,17,18). The molecule has 0 saturated carbocycles. The molecule has 0 aliphatic heterocycles. The molecule has 0 spiro atoms. The van der Waals surface area contributed by atoms with Crippen molar-refractivity contribution in [3.63, 3.8) is 0 Å². The Morgan fingerprint density at radius 1 is 1.50 bits per heavy atom. The first kappa shape index (κ1) is 14.0. The normalized spacial score (nSPS) is 11.9. The fourth-order valence-corrected chi connectivity index (χ4v) is 1.76. The second-order valence-electron chi connectivity index (χ2n) is 4.83. The number of carboxylic acids is 1. The molecule has 0 aromatic heterocycles. The van der Waals surface area contributed by atoms with Crippen LogP contribution in [0.2, 0.25) is 0 Å². The van der Waals surface area contributed by atoms with Crippen LogP contribution in [0.3, 0.4) is 0 Å². The molecule has 96 valence electrons. The van der Waals surface area contributed by atoms with Crippen LogP contribution in [0.4, 0.5) is 5.69 Å². The molecule has 1 rings (SSSR count). The van der Waals surface area contributed by atoms with E-state index in [0.717, 1.165) is 5.56 Å². The number of hydrogen-bond donors (Lipinski definition) is 2. The van der Waals surface area contributed by atoms with Gasteiger partial charge in [0, 0.05) is 0 Å². The summed E-state index contributed by atoms with van der Waals surface area (Å²) in [6.45, 7) is 5.84. The maximum Gasteiger partial charge on any atom is 0.326 e. The Morgan fingerprint density at radius 3 is 2.67 bits per heavy atom. The summed E-state index contributed by atoms with van der Waals surface area (Å²) in [4.78, 5) is 11.2. The summed E-state index contributed by atoms with van der Waals surface area (Å²) in [6, 6.07) is 6.77. The molecule has 4 nitrogen and oxygen atoms in total. The van der Waals surface area contributed by atoms with Gasteiger partial charge >= 0.3 is 5.97 Å². The summed E-state index contributed by atoms with van der Waals surface area (Å²) < 4.78 is 0. The van der Waals surface area contributed by atoms with Gasteiger partial charge in [-0.15, -0.1) is 0 Å². The Labute approximate surface area is 107 Å². The predicted molar refractivity (Wildman–Crippen MR) is 70.4 cm³/mol. The fraction of sp³-hybridized carbons (Fsp3) is 0.429. The minimum atomic E-state index is -0.895. The molecule has 0 amide bonds. The lowest BCUT2D eigenvalue weighted by molar-refractivity contribution is -0.138. The van der Waals surface area contributed by atoms with Gasteiger partial charge in [-0.05, 0) is 37.0 Å². The van der Waals surface area contributed by atoms with E-state index in [9.17, 15) is 4.79 Å². The van der Waals surface area contributed by atoms with Crippen molar-refractivity contribution in [2.75, 3.05) is 5.32 Å². The SMILES string of the molecule is Cc1ccc(NC(CC(C)C)C(=O)O)c(C#N)c1. The van der Waals surface area contributed by atoms with E-state index >= 15 is 0 Å². The van der Waals surface area contributed by atoms with Crippen molar-refractivity contribution >= 4 is 11.7 Å². The van der Waals surface area contributed by atoms with E-state index < -0.39 is 12.0 Å². The first-order chi connectivity index (χ1) is 8.43. The first-order valence-electron chi connectivity index (χ1n) is 5.94. The van der Waals surface area contributed by atoms with E-state index in [2.05, 4.69) is 11.4 Å². The molecular weight excluding hydrogens is 228 g/mol. The van der Waals surface area contributed by atoms with E-state index in [-0.39, 0.29) is 5.92 Å². The Kier molecular flexibility index (Phi) is 4.73. The molecule has 0 heterocycles. The third-order valence-corrected chi connectivity index (χ3v) is 2.63. The molecular formula is C14H18N2O2. The van der Waals surface area contributed by atoms with E-state index in [1.807, 2.05) is 26.8 Å². The summed E-state index contributed by atoms with van der Waals surface area (Å²) in [5.74, 6) is -0.622. The zero-order chi connectivity index (χ0) is 13.7. The average molecular weight is 246 g/mol. The number of carboxylic acid groups (broad SMARTS) is 1. The molecule has 0 aliphatic rings. The number of rotatable bonds is 5. The van der Waals surface area contributed by atoms with Crippen LogP contribution in [0, 0.1) is 24.2 Å². The predicted octanol–water partition coefficient (Wildman–Crippen LogP) is 2.78. The molecule has 0 saturated heterocycles. The van der Waals surface area contributed by atoms with Gasteiger partial charge in [-0.1, -0.05) is 19.9 Å². The van der Waals surface area contributed by atoms with Crippen LogP contribution in [-0.2, 0) is 4.79 Å². The molecule has 1 aromatic carbocycles. The van der Waals surface area contributed by atoms with Crippen LogP contribution in [0.1, 0.15) is 31.4 Å². The van der Waals surface area contributed by atoms with Gasteiger partial charge < -0.3 is 10.4 Å². The number of anilines is 1. The number of nitriles is 1. The second kappa shape index (κ2) is 6.06. The van der Waals surface area contributed by atoms with E-state index in [1.165, 1.54) is 0 Å². The molecule has 4 heteroatoms. The molecule has 1 atom stereocenters. The zero-order valence-corrected chi connectivity index (χ0v) is 10.9. The number of hydrogen-bond acceptors (Lipinski definition) is 3. The highest BCUT2D eigenvalue weighted by atomic mass is 16.4. The molecule has 0 aliphatic carbocycles. The number of nitrogens with one attached hydrogen (secondary N) is 1. The summed E-state index contributed by atoms with van der Waals surface area (Å²) in [7, 11) is 0. The van der Waals surface area contributed by atoms with Gasteiger partial charge in [0.2, 0.25) is 0 Å². The number of aryl methyl sites for hydroxylation is 1. The third-order valence-electron chi connectivity index (χ3n) is 2.63. The quantitative estimate of drug-likeness (QED) is 0.837. The van der Waals surface area contributed by atoms with Crippen LogP contribution in [-0.4, -0.2) is 17.1 Å². The summed E-state index contributed by atoms with van der Waals surface area (Å²) in [5.41, 5.74) is 2.04. The maximum atomic E-state index is 11.2. The molecule has 1 aromatic rings. The second-order valence-corrected chi connectivity index (χ2v) is 4.83. The molecule has 18 heavy (non-hydrogen) atoms. The van der Waals surface area contributed by atoms with E-state index in [4.69, 9.17) is 10.4 Å². The molecule has 0 bridgehead atoms. The average Bonchev–Trinajstić information content (AvgIpc) is 2.29. The van der Waals surface area contributed by atoms with Gasteiger partial charge in [0.15, 0.2) is 0 Å². The van der Waals surface area contributed by atoms with Gasteiger partial charge in [-0.25, -0.2) is 4.79 Å². The van der Waals surface area contributed by atoms with Crippen LogP contribution < -0.4 is 5.32 Å². The molecule has 0 radical (unpaired) electrons. The van der Waals surface area contributed by atoms with Crippen molar-refractivity contribution in [2.45, 2.75) is 33.2 Å². The largest absolute Gasteiger partial charge is 0.480 e. The van der Waals surface area contributed by atoms with Crippen molar-refractivity contribution < 1.29 is 9.90 Å². The number of nitrogens with zero attached hydrogens (tertiary/aromatic N) is 1. The highest BCUT2D eigenvalue weighted by Gasteiger charge is 2.19. The van der Waals surface area contributed by atoms with E-state index in [0.29, 0.717) is 17.7 Å². The van der Waals surface area contributed by atoms with Crippen molar-refractivity contribution in [2.24, 2.45) is 5.92 Å². The van der Waals surface area contributed by atoms with Gasteiger partial charge in [-0.3, -0.25) is 0 Å². The molecule has 0 fully saturated rings. The highest BCUT2D eigenvalue weighted by Crippen LogP contribution is 2.19. The lowest BCUT2D eigenvalue weighted by Crippen LogP contribution is -2.31. The number of benzene rings is 1. The van der Waals surface area contributed by atoms with Crippen molar-refractivity contribution in [3.8, 4) is 6.07 Å². The smallest absolute Gasteiger partial charge is 0.326 e. The van der Waals surface area contributed by atoms with Crippen LogP contribution in [0.5, 0.6) is 0 Å². The summed E-state index contributed by atoms with van der Waals surface area (Å²) >= 11 is 0. The topological polar surface area (TPSA) is 73.1 Å². The summed E-state index contributed by atoms with van der Waals surface area (Å²) in [6.07, 6.45) is 0.522. The Balaban J connectivity index is 2.94. The lowest BCUT2D eigenvalue weighted by Gasteiger charge is -2.18. The van der Waals surface area contributed by atoms with Gasteiger partial charge in [-0.2, -0.15) is 5.26 Å².